The van der Waals surface area contributed by atoms with Gasteiger partial charge in [-0.3, -0.25) is 4.79 Å². The van der Waals surface area contributed by atoms with Crippen molar-refractivity contribution in [3.05, 3.63) is 0 Å². The lowest BCUT2D eigenvalue weighted by Gasteiger charge is -2.07. The number of halogens is 3. The third-order valence-corrected chi connectivity index (χ3v) is 0.964. The number of carbonyl (C=O) groups is 1. The maximum atomic E-state index is 12.1. The molecule has 2 atom stereocenters. The van der Waals surface area contributed by atoms with E-state index in [4.69, 9.17) is 10.4 Å². The Morgan fingerprint density at radius 3 is 2.00 bits per heavy atom. The summed E-state index contributed by atoms with van der Waals surface area (Å²) in [5.41, 5.74) is 0. The number of alkyl halides is 3. The van der Waals surface area contributed by atoms with Gasteiger partial charge >= 0.3 is 5.97 Å². The summed E-state index contributed by atoms with van der Waals surface area (Å²) >= 11 is 0. The predicted octanol–water partition coefficient (Wildman–Crippen LogP) is 0.814. The first-order chi connectivity index (χ1) is 5.00. The molecule has 3 nitrogen and oxygen atoms in total. The van der Waals surface area contributed by atoms with E-state index in [2.05, 4.69) is 0 Å². The minimum absolute atomic E-state index is 0.928. The minimum atomic E-state index is -3.43. The molecule has 0 radical (unpaired) electrons. The topological polar surface area (TPSA) is 61.1 Å². The lowest BCUT2D eigenvalue weighted by Crippen LogP contribution is -2.29. The summed E-state index contributed by atoms with van der Waals surface area (Å²) in [4.78, 5) is 9.88. The second-order valence-electron chi connectivity index (χ2n) is 1.72. The predicted molar refractivity (Wildman–Crippen MR) is 27.6 cm³/mol. The first-order valence-electron chi connectivity index (χ1n) is 2.55. The molecule has 0 aliphatic heterocycles. The van der Waals surface area contributed by atoms with Crippen molar-refractivity contribution in [2.75, 3.05) is 0 Å². The largest absolute Gasteiger partial charge is 0.480 e. The van der Waals surface area contributed by atoms with Crippen LogP contribution in [-0.2, 0) is 4.79 Å². The number of hydrogen-bond acceptors (Lipinski definition) is 2. The first-order valence-corrected chi connectivity index (χ1v) is 2.55. The first kappa shape index (κ1) is 9.75. The van der Waals surface area contributed by atoms with Gasteiger partial charge < -0.3 is 5.11 Å². The van der Waals surface area contributed by atoms with Gasteiger partial charge in [-0.2, -0.15) is 5.26 Å². The van der Waals surface area contributed by atoms with E-state index in [9.17, 15) is 18.0 Å². The molecule has 0 amide bonds. The van der Waals surface area contributed by atoms with Crippen LogP contribution >= 0.6 is 0 Å². The zero-order chi connectivity index (χ0) is 9.02. The lowest BCUT2D eigenvalue weighted by atomic mass is 10.1. The molecule has 6 heteroatoms. The Balaban J connectivity index is 4.29. The molecule has 0 aromatic rings. The maximum absolute atomic E-state index is 12.1. The summed E-state index contributed by atoms with van der Waals surface area (Å²) in [5, 5.41) is 15.9. The van der Waals surface area contributed by atoms with Crippen LogP contribution in [-0.4, -0.2) is 23.7 Å². The standard InChI is InChI=1S/C5H4F3NO2/c6-3(4(7)8)2(1-9)5(10)11/h2-4H,(H,10,11). The van der Waals surface area contributed by atoms with Crippen LogP contribution in [0.2, 0.25) is 0 Å². The van der Waals surface area contributed by atoms with Gasteiger partial charge in [0.25, 0.3) is 6.43 Å². The Labute approximate surface area is 60.0 Å². The van der Waals surface area contributed by atoms with E-state index in [1.807, 2.05) is 0 Å². The molecule has 0 aliphatic rings. The van der Waals surface area contributed by atoms with Crippen molar-refractivity contribution in [1.82, 2.24) is 0 Å². The SMILES string of the molecule is N#CC(C(=O)O)C(F)C(F)F. The minimum Gasteiger partial charge on any atom is -0.480 e. The fourth-order valence-electron chi connectivity index (χ4n) is 0.408. The smallest absolute Gasteiger partial charge is 0.324 e. The summed E-state index contributed by atoms with van der Waals surface area (Å²) in [6.45, 7) is 0. The summed E-state index contributed by atoms with van der Waals surface area (Å²) < 4.78 is 35.0. The maximum Gasteiger partial charge on any atom is 0.324 e. The van der Waals surface area contributed by atoms with Gasteiger partial charge in [0.15, 0.2) is 12.1 Å². The van der Waals surface area contributed by atoms with E-state index in [0.29, 0.717) is 0 Å². The summed E-state index contributed by atoms with van der Waals surface area (Å²) in [6.07, 6.45) is -6.35. The molecule has 0 heterocycles. The number of rotatable bonds is 3. The van der Waals surface area contributed by atoms with Crippen molar-refractivity contribution in [1.29, 1.82) is 5.26 Å². The van der Waals surface area contributed by atoms with Crippen LogP contribution in [0.5, 0.6) is 0 Å². The molecule has 0 fully saturated rings. The van der Waals surface area contributed by atoms with Gasteiger partial charge in [-0.05, 0) is 0 Å². The molecule has 0 aliphatic carbocycles. The van der Waals surface area contributed by atoms with Gasteiger partial charge in [0, 0.05) is 0 Å². The van der Waals surface area contributed by atoms with Crippen molar-refractivity contribution in [2.45, 2.75) is 12.6 Å². The molecule has 62 valence electrons. The molecule has 0 spiro atoms. The number of hydrogen-bond donors (Lipinski definition) is 1. The van der Waals surface area contributed by atoms with Crippen molar-refractivity contribution < 1.29 is 23.1 Å². The number of carboxylic acid groups (broad SMARTS) is 1. The Kier molecular flexibility index (Phi) is 3.37. The molecule has 2 unspecified atom stereocenters. The highest BCUT2D eigenvalue weighted by Crippen LogP contribution is 2.15. The third kappa shape index (κ3) is 2.45. The second-order valence-corrected chi connectivity index (χ2v) is 1.72. The number of nitrogens with zero attached hydrogens (tertiary/aromatic N) is 1. The van der Waals surface area contributed by atoms with Crippen LogP contribution in [0.1, 0.15) is 0 Å². The zero-order valence-corrected chi connectivity index (χ0v) is 5.17. The summed E-state index contributed by atoms with van der Waals surface area (Å²) in [6, 6.07) is 0.928. The number of aliphatic carboxylic acids is 1. The average molecular weight is 167 g/mol. The molecule has 1 N–H and O–H groups in total. The Hall–Kier alpha value is -1.25. The van der Waals surface area contributed by atoms with E-state index in [-0.39, 0.29) is 0 Å². The fraction of sp³-hybridized carbons (Fsp3) is 0.600. The van der Waals surface area contributed by atoms with E-state index in [1.54, 1.807) is 0 Å². The van der Waals surface area contributed by atoms with Crippen molar-refractivity contribution in [3.63, 3.8) is 0 Å². The van der Waals surface area contributed by atoms with Crippen molar-refractivity contribution in [2.24, 2.45) is 5.92 Å². The highest BCUT2D eigenvalue weighted by Gasteiger charge is 2.35. The normalized spacial score (nSPS) is 15.5. The highest BCUT2D eigenvalue weighted by molar-refractivity contribution is 5.73. The van der Waals surface area contributed by atoms with Crippen LogP contribution in [0.3, 0.4) is 0 Å². The quantitative estimate of drug-likeness (QED) is 0.676. The van der Waals surface area contributed by atoms with Gasteiger partial charge in [0.1, 0.15) is 0 Å². The molecule has 0 aromatic carbocycles. The molecular weight excluding hydrogens is 163 g/mol. The van der Waals surface area contributed by atoms with Crippen molar-refractivity contribution >= 4 is 5.97 Å². The van der Waals surface area contributed by atoms with Gasteiger partial charge in [-0.15, -0.1) is 0 Å². The molecule has 0 saturated carbocycles. The molecule has 11 heavy (non-hydrogen) atoms. The summed E-state index contributed by atoms with van der Waals surface area (Å²) in [5.74, 6) is -4.16. The van der Waals surface area contributed by atoms with Gasteiger partial charge in [0.05, 0.1) is 6.07 Å². The Morgan fingerprint density at radius 1 is 1.45 bits per heavy atom. The van der Waals surface area contributed by atoms with E-state index < -0.39 is 24.5 Å². The number of nitriles is 1. The van der Waals surface area contributed by atoms with Crippen LogP contribution in [0.25, 0.3) is 0 Å². The molecule has 0 rings (SSSR count). The van der Waals surface area contributed by atoms with Crippen LogP contribution in [0.15, 0.2) is 0 Å². The Bertz CT molecular complexity index is 189. The van der Waals surface area contributed by atoms with Crippen molar-refractivity contribution in [3.8, 4) is 6.07 Å². The molecule has 0 aromatic heterocycles. The van der Waals surface area contributed by atoms with Gasteiger partial charge in [-0.1, -0.05) is 0 Å². The van der Waals surface area contributed by atoms with Gasteiger partial charge in [-0.25, -0.2) is 13.2 Å². The fourth-order valence-corrected chi connectivity index (χ4v) is 0.408. The third-order valence-electron chi connectivity index (χ3n) is 0.964. The number of carboxylic acids is 1. The summed E-state index contributed by atoms with van der Waals surface area (Å²) in [7, 11) is 0. The average Bonchev–Trinajstić information content (AvgIpc) is 1.88. The zero-order valence-electron chi connectivity index (χ0n) is 5.17. The molecule has 0 saturated heterocycles. The van der Waals surface area contributed by atoms with Crippen LogP contribution in [0, 0.1) is 17.2 Å². The molecule has 0 bridgehead atoms. The monoisotopic (exact) mass is 167 g/mol. The molecular formula is C5H4F3NO2. The lowest BCUT2D eigenvalue weighted by molar-refractivity contribution is -0.144. The van der Waals surface area contributed by atoms with E-state index >= 15 is 0 Å². The van der Waals surface area contributed by atoms with E-state index in [1.165, 1.54) is 0 Å². The van der Waals surface area contributed by atoms with Gasteiger partial charge in [0.2, 0.25) is 0 Å². The Morgan fingerprint density at radius 2 is 1.91 bits per heavy atom. The van der Waals surface area contributed by atoms with Crippen LogP contribution in [0.4, 0.5) is 13.2 Å². The van der Waals surface area contributed by atoms with Crippen LogP contribution < -0.4 is 0 Å². The highest BCUT2D eigenvalue weighted by atomic mass is 19.3. The second kappa shape index (κ2) is 3.81. The van der Waals surface area contributed by atoms with E-state index in [0.717, 1.165) is 6.07 Å².